The Labute approximate surface area is 143 Å². The van der Waals surface area contributed by atoms with Crippen molar-refractivity contribution in [3.63, 3.8) is 0 Å². The largest absolute Gasteiger partial charge is 0.346 e. The Bertz CT molecular complexity index is 660. The van der Waals surface area contributed by atoms with Crippen molar-refractivity contribution in [2.24, 2.45) is 0 Å². The molecule has 0 atom stereocenters. The zero-order chi connectivity index (χ0) is 16.9. The van der Waals surface area contributed by atoms with Gasteiger partial charge in [0.05, 0.1) is 0 Å². The quantitative estimate of drug-likeness (QED) is 0.843. The van der Waals surface area contributed by atoms with Crippen LogP contribution in [0.5, 0.6) is 0 Å². The maximum absolute atomic E-state index is 11.2. The van der Waals surface area contributed by atoms with Crippen LogP contribution in [-0.4, -0.2) is 34.5 Å². The standard InChI is InChI=1S/C19H25N3O2/c1-14(23)22(2)13-12-18-20-19(24-21-18)17-10-8-16(9-11-17)15-6-4-3-5-7-15/h3-7,16-17H,8-13H2,1-2H3. The molecule has 2 aromatic rings. The van der Waals surface area contributed by atoms with Crippen molar-refractivity contribution in [1.29, 1.82) is 0 Å². The molecule has 0 spiro atoms. The van der Waals surface area contributed by atoms with Gasteiger partial charge in [0.1, 0.15) is 0 Å². The highest BCUT2D eigenvalue weighted by atomic mass is 16.5. The first-order valence-corrected chi connectivity index (χ1v) is 8.72. The monoisotopic (exact) mass is 327 g/mol. The lowest BCUT2D eigenvalue weighted by atomic mass is 9.78. The van der Waals surface area contributed by atoms with Crippen LogP contribution in [-0.2, 0) is 11.2 Å². The second-order valence-electron chi connectivity index (χ2n) is 6.70. The highest BCUT2D eigenvalue weighted by molar-refractivity contribution is 5.72. The van der Waals surface area contributed by atoms with Crippen LogP contribution in [0.15, 0.2) is 34.9 Å². The van der Waals surface area contributed by atoms with Crippen LogP contribution in [0.2, 0.25) is 0 Å². The minimum absolute atomic E-state index is 0.0537. The number of rotatable bonds is 5. The Morgan fingerprint density at radius 1 is 1.17 bits per heavy atom. The lowest BCUT2D eigenvalue weighted by Crippen LogP contribution is -2.26. The number of benzene rings is 1. The van der Waals surface area contributed by atoms with E-state index >= 15 is 0 Å². The second-order valence-corrected chi connectivity index (χ2v) is 6.70. The Morgan fingerprint density at radius 2 is 1.83 bits per heavy atom. The van der Waals surface area contributed by atoms with Gasteiger partial charge >= 0.3 is 0 Å². The van der Waals surface area contributed by atoms with Crippen LogP contribution in [0.25, 0.3) is 0 Å². The van der Waals surface area contributed by atoms with Crippen molar-refractivity contribution >= 4 is 5.91 Å². The topological polar surface area (TPSA) is 59.2 Å². The summed E-state index contributed by atoms with van der Waals surface area (Å²) >= 11 is 0. The van der Waals surface area contributed by atoms with Gasteiger partial charge in [-0.1, -0.05) is 35.5 Å². The molecule has 1 aromatic carbocycles. The third-order valence-electron chi connectivity index (χ3n) is 5.04. The van der Waals surface area contributed by atoms with E-state index in [-0.39, 0.29) is 5.91 Å². The SMILES string of the molecule is CC(=O)N(C)CCc1noc(C2CCC(c3ccccc3)CC2)n1. The summed E-state index contributed by atoms with van der Waals surface area (Å²) in [6.45, 7) is 2.18. The number of aromatic nitrogens is 2. The maximum atomic E-state index is 11.2. The summed E-state index contributed by atoms with van der Waals surface area (Å²) in [5.74, 6) is 2.54. The first-order valence-electron chi connectivity index (χ1n) is 8.72. The van der Waals surface area contributed by atoms with Crippen molar-refractivity contribution in [1.82, 2.24) is 15.0 Å². The Morgan fingerprint density at radius 3 is 2.50 bits per heavy atom. The molecule has 1 saturated carbocycles. The fourth-order valence-electron chi connectivity index (χ4n) is 3.36. The summed E-state index contributed by atoms with van der Waals surface area (Å²) in [6.07, 6.45) is 5.15. The minimum Gasteiger partial charge on any atom is -0.346 e. The highest BCUT2D eigenvalue weighted by Crippen LogP contribution is 2.39. The van der Waals surface area contributed by atoms with Crippen LogP contribution in [0.1, 0.15) is 61.7 Å². The fraction of sp³-hybridized carbons (Fsp3) is 0.526. The molecule has 0 bridgehead atoms. The molecule has 3 rings (SSSR count). The smallest absolute Gasteiger partial charge is 0.229 e. The minimum atomic E-state index is 0.0537. The van der Waals surface area contributed by atoms with E-state index in [1.54, 1.807) is 18.9 Å². The number of carbonyl (C=O) groups excluding carboxylic acids is 1. The molecule has 5 heteroatoms. The van der Waals surface area contributed by atoms with Gasteiger partial charge in [-0.15, -0.1) is 0 Å². The van der Waals surface area contributed by atoms with Crippen LogP contribution >= 0.6 is 0 Å². The number of carbonyl (C=O) groups is 1. The molecule has 0 N–H and O–H groups in total. The molecule has 128 valence electrons. The summed E-state index contributed by atoms with van der Waals surface area (Å²) in [5, 5.41) is 4.08. The molecule has 0 unspecified atom stereocenters. The molecule has 1 aliphatic rings. The Kier molecular flexibility index (Phi) is 5.28. The predicted octanol–water partition coefficient (Wildman–Crippen LogP) is 3.53. The Hall–Kier alpha value is -2.17. The van der Waals surface area contributed by atoms with E-state index in [2.05, 4.69) is 40.5 Å². The number of hydrogen-bond donors (Lipinski definition) is 0. The zero-order valence-corrected chi connectivity index (χ0v) is 14.4. The number of amides is 1. The van der Waals surface area contributed by atoms with E-state index in [0.29, 0.717) is 30.6 Å². The van der Waals surface area contributed by atoms with Crippen LogP contribution in [0.3, 0.4) is 0 Å². The number of nitrogens with zero attached hydrogens (tertiary/aromatic N) is 3. The van der Waals surface area contributed by atoms with E-state index in [4.69, 9.17) is 4.52 Å². The van der Waals surface area contributed by atoms with E-state index in [1.165, 1.54) is 18.4 Å². The second kappa shape index (κ2) is 7.60. The molecule has 0 aliphatic heterocycles. The summed E-state index contributed by atoms with van der Waals surface area (Å²) < 4.78 is 5.47. The number of likely N-dealkylation sites (N-methyl/N-ethyl adjacent to an activating group) is 1. The fourth-order valence-corrected chi connectivity index (χ4v) is 3.36. The summed E-state index contributed by atoms with van der Waals surface area (Å²) in [7, 11) is 1.79. The average Bonchev–Trinajstić information content (AvgIpc) is 3.09. The molecule has 0 saturated heterocycles. The zero-order valence-electron chi connectivity index (χ0n) is 14.4. The van der Waals surface area contributed by atoms with Crippen LogP contribution in [0, 0.1) is 0 Å². The third-order valence-corrected chi connectivity index (χ3v) is 5.04. The maximum Gasteiger partial charge on any atom is 0.229 e. The summed E-state index contributed by atoms with van der Waals surface area (Å²) in [5.41, 5.74) is 1.44. The lowest BCUT2D eigenvalue weighted by molar-refractivity contribution is -0.127. The van der Waals surface area contributed by atoms with Gasteiger partial charge in [-0.3, -0.25) is 4.79 Å². The lowest BCUT2D eigenvalue weighted by Gasteiger charge is -2.26. The molecule has 1 heterocycles. The molecular weight excluding hydrogens is 302 g/mol. The molecule has 24 heavy (non-hydrogen) atoms. The van der Waals surface area contributed by atoms with E-state index in [9.17, 15) is 4.79 Å². The first-order chi connectivity index (χ1) is 11.6. The van der Waals surface area contributed by atoms with Gasteiger partial charge in [-0.05, 0) is 37.2 Å². The molecule has 1 fully saturated rings. The summed E-state index contributed by atoms with van der Waals surface area (Å²) in [4.78, 5) is 17.4. The Balaban J connectivity index is 1.53. The van der Waals surface area contributed by atoms with E-state index < -0.39 is 0 Å². The highest BCUT2D eigenvalue weighted by Gasteiger charge is 2.27. The molecule has 5 nitrogen and oxygen atoms in total. The normalized spacial score (nSPS) is 20.8. The van der Waals surface area contributed by atoms with Gasteiger partial charge in [0, 0.05) is 32.9 Å². The first kappa shape index (κ1) is 16.7. The third kappa shape index (κ3) is 4.02. The van der Waals surface area contributed by atoms with Crippen molar-refractivity contribution < 1.29 is 9.32 Å². The molecule has 1 aromatic heterocycles. The van der Waals surface area contributed by atoms with Gasteiger partial charge in [0.2, 0.25) is 11.8 Å². The van der Waals surface area contributed by atoms with Crippen molar-refractivity contribution in [3.8, 4) is 0 Å². The molecule has 1 amide bonds. The van der Waals surface area contributed by atoms with Crippen molar-refractivity contribution in [2.75, 3.05) is 13.6 Å². The van der Waals surface area contributed by atoms with E-state index in [0.717, 1.165) is 18.7 Å². The number of hydrogen-bond acceptors (Lipinski definition) is 4. The predicted molar refractivity (Wildman–Crippen MR) is 91.7 cm³/mol. The van der Waals surface area contributed by atoms with Gasteiger partial charge in [0.25, 0.3) is 0 Å². The van der Waals surface area contributed by atoms with Gasteiger partial charge in [0.15, 0.2) is 5.82 Å². The molecular formula is C19H25N3O2. The van der Waals surface area contributed by atoms with Gasteiger partial charge in [-0.2, -0.15) is 4.98 Å². The van der Waals surface area contributed by atoms with Crippen LogP contribution < -0.4 is 0 Å². The van der Waals surface area contributed by atoms with Crippen molar-refractivity contribution in [2.45, 2.75) is 50.9 Å². The summed E-state index contributed by atoms with van der Waals surface area (Å²) in [6, 6.07) is 10.7. The van der Waals surface area contributed by atoms with Gasteiger partial charge < -0.3 is 9.42 Å². The van der Waals surface area contributed by atoms with Gasteiger partial charge in [-0.25, -0.2) is 0 Å². The van der Waals surface area contributed by atoms with Crippen LogP contribution in [0.4, 0.5) is 0 Å². The van der Waals surface area contributed by atoms with E-state index in [1.807, 2.05) is 0 Å². The van der Waals surface area contributed by atoms with Crippen molar-refractivity contribution in [3.05, 3.63) is 47.6 Å². The molecule has 0 radical (unpaired) electrons. The molecule has 1 aliphatic carbocycles. The average molecular weight is 327 g/mol.